The van der Waals surface area contributed by atoms with Crippen LogP contribution in [0, 0.1) is 0 Å². The van der Waals surface area contributed by atoms with E-state index in [9.17, 15) is 4.79 Å². The van der Waals surface area contributed by atoms with Crippen LogP contribution in [0.25, 0.3) is 10.9 Å². The van der Waals surface area contributed by atoms with E-state index in [0.29, 0.717) is 6.54 Å². The molecule has 6 nitrogen and oxygen atoms in total. The molecule has 0 unspecified atom stereocenters. The molecule has 0 aliphatic heterocycles. The highest BCUT2D eigenvalue weighted by molar-refractivity contribution is 5.91. The minimum absolute atomic E-state index is 0.0549. The number of benzene rings is 1. The van der Waals surface area contributed by atoms with Gasteiger partial charge < -0.3 is 9.80 Å². The molecule has 0 atom stereocenters. The van der Waals surface area contributed by atoms with Gasteiger partial charge in [0, 0.05) is 38.4 Å². The molecule has 1 aromatic carbocycles. The van der Waals surface area contributed by atoms with Gasteiger partial charge in [-0.3, -0.25) is 9.78 Å². The number of hydrogen-bond donors (Lipinski definition) is 0. The highest BCUT2D eigenvalue weighted by Gasteiger charge is 2.15. The first kappa shape index (κ1) is 16.8. The first-order valence-corrected chi connectivity index (χ1v) is 8.19. The number of anilines is 1. The molecular weight excluding hydrogens is 314 g/mol. The summed E-state index contributed by atoms with van der Waals surface area (Å²) in [5, 5.41) is 0.944. The van der Waals surface area contributed by atoms with Gasteiger partial charge in [0.25, 0.3) is 0 Å². The molecule has 128 valence electrons. The Hall–Kier alpha value is -3.02. The molecule has 0 spiro atoms. The van der Waals surface area contributed by atoms with Crippen molar-refractivity contribution in [2.75, 3.05) is 32.1 Å². The fourth-order valence-corrected chi connectivity index (χ4v) is 2.66. The second-order valence-electron chi connectivity index (χ2n) is 5.99. The van der Waals surface area contributed by atoms with Crippen molar-refractivity contribution < 1.29 is 4.79 Å². The molecule has 0 bridgehead atoms. The van der Waals surface area contributed by atoms with Gasteiger partial charge in [-0.15, -0.1) is 0 Å². The molecule has 0 saturated carbocycles. The zero-order valence-corrected chi connectivity index (χ0v) is 14.5. The first-order chi connectivity index (χ1) is 12.1. The molecule has 0 aliphatic rings. The molecule has 0 N–H and O–H groups in total. The largest absolute Gasteiger partial charge is 0.350 e. The van der Waals surface area contributed by atoms with E-state index in [1.54, 1.807) is 17.3 Å². The van der Waals surface area contributed by atoms with E-state index in [4.69, 9.17) is 0 Å². The maximum absolute atomic E-state index is 12.5. The van der Waals surface area contributed by atoms with Crippen molar-refractivity contribution >= 4 is 22.6 Å². The van der Waals surface area contributed by atoms with E-state index in [2.05, 4.69) is 15.0 Å². The number of nitrogens with zero attached hydrogens (tertiary/aromatic N) is 5. The van der Waals surface area contributed by atoms with E-state index in [1.807, 2.05) is 55.4 Å². The minimum atomic E-state index is 0.0549. The fourth-order valence-electron chi connectivity index (χ4n) is 2.66. The van der Waals surface area contributed by atoms with Crippen molar-refractivity contribution in [2.45, 2.75) is 6.42 Å². The molecular formula is C19H21N5O. The number of fused-ring (bicyclic) bond motifs is 1. The van der Waals surface area contributed by atoms with Crippen LogP contribution >= 0.6 is 0 Å². The fraction of sp³-hybridized carbons (Fsp3) is 0.263. The smallest absolute Gasteiger partial charge is 0.241 e. The van der Waals surface area contributed by atoms with Gasteiger partial charge in [-0.25, -0.2) is 9.97 Å². The monoisotopic (exact) mass is 335 g/mol. The van der Waals surface area contributed by atoms with Gasteiger partial charge in [-0.1, -0.05) is 12.1 Å². The number of carbonyl (C=O) groups is 1. The first-order valence-electron chi connectivity index (χ1n) is 8.19. The van der Waals surface area contributed by atoms with Gasteiger partial charge in [0.15, 0.2) is 0 Å². The van der Waals surface area contributed by atoms with Gasteiger partial charge in [0.05, 0.1) is 12.1 Å². The average Bonchev–Trinajstić information content (AvgIpc) is 2.66. The molecule has 2 aromatic heterocycles. The molecule has 2 heterocycles. The Kier molecular flexibility index (Phi) is 5.18. The summed E-state index contributed by atoms with van der Waals surface area (Å²) in [6, 6.07) is 11.7. The van der Waals surface area contributed by atoms with Crippen LogP contribution in [0.4, 0.5) is 5.82 Å². The van der Waals surface area contributed by atoms with Crippen molar-refractivity contribution in [1.82, 2.24) is 19.9 Å². The van der Waals surface area contributed by atoms with Crippen LogP contribution < -0.4 is 4.90 Å². The van der Waals surface area contributed by atoms with Crippen LogP contribution in [-0.2, 0) is 11.2 Å². The van der Waals surface area contributed by atoms with Gasteiger partial charge >= 0.3 is 0 Å². The maximum atomic E-state index is 12.5. The number of amides is 1. The highest BCUT2D eigenvalue weighted by atomic mass is 16.2. The number of para-hydroxylation sites is 1. The maximum Gasteiger partial charge on any atom is 0.241 e. The second kappa shape index (κ2) is 7.70. The van der Waals surface area contributed by atoms with Crippen molar-refractivity contribution in [3.8, 4) is 0 Å². The predicted molar refractivity (Wildman–Crippen MR) is 98.4 cm³/mol. The molecule has 0 radical (unpaired) electrons. The third-order valence-electron chi connectivity index (χ3n) is 4.17. The van der Waals surface area contributed by atoms with Gasteiger partial charge in [0.1, 0.15) is 12.1 Å². The van der Waals surface area contributed by atoms with Gasteiger partial charge in [0.2, 0.25) is 5.91 Å². The molecule has 1 amide bonds. The van der Waals surface area contributed by atoms with Crippen LogP contribution in [0.1, 0.15) is 5.56 Å². The van der Waals surface area contributed by atoms with Crippen LogP contribution in [0.2, 0.25) is 0 Å². The molecule has 0 fully saturated rings. The Morgan fingerprint density at radius 3 is 2.60 bits per heavy atom. The zero-order chi connectivity index (χ0) is 17.6. The Morgan fingerprint density at radius 2 is 1.80 bits per heavy atom. The van der Waals surface area contributed by atoms with Crippen molar-refractivity contribution in [1.29, 1.82) is 0 Å². The summed E-state index contributed by atoms with van der Waals surface area (Å²) in [4.78, 5) is 28.8. The zero-order valence-electron chi connectivity index (χ0n) is 14.5. The average molecular weight is 335 g/mol. The third kappa shape index (κ3) is 4.09. The van der Waals surface area contributed by atoms with E-state index in [-0.39, 0.29) is 12.5 Å². The number of aromatic nitrogens is 3. The minimum Gasteiger partial charge on any atom is -0.350 e. The van der Waals surface area contributed by atoms with Gasteiger partial charge in [-0.2, -0.15) is 0 Å². The standard InChI is InChI=1S/C19H21N5O/c1-23(12-9-15-7-10-20-11-8-15)18(25)13-24(2)19-16-5-3-4-6-17(16)21-14-22-19/h3-8,10-11,14H,9,12-13H2,1-2H3. The molecule has 25 heavy (non-hydrogen) atoms. The number of rotatable bonds is 6. The normalized spacial score (nSPS) is 10.6. The number of pyridine rings is 1. The Morgan fingerprint density at radius 1 is 1.04 bits per heavy atom. The second-order valence-corrected chi connectivity index (χ2v) is 5.99. The van der Waals surface area contributed by atoms with Crippen molar-refractivity contribution in [3.05, 3.63) is 60.7 Å². The molecule has 3 rings (SSSR count). The van der Waals surface area contributed by atoms with E-state index in [1.165, 1.54) is 11.9 Å². The highest BCUT2D eigenvalue weighted by Crippen LogP contribution is 2.21. The van der Waals surface area contributed by atoms with E-state index >= 15 is 0 Å². The lowest BCUT2D eigenvalue weighted by molar-refractivity contribution is -0.128. The summed E-state index contributed by atoms with van der Waals surface area (Å²) in [6.45, 7) is 0.940. The van der Waals surface area contributed by atoms with Crippen LogP contribution in [0.3, 0.4) is 0 Å². The Labute approximate surface area is 147 Å². The van der Waals surface area contributed by atoms with Gasteiger partial charge in [-0.05, 0) is 36.2 Å². The summed E-state index contributed by atoms with van der Waals surface area (Å²) in [6.07, 6.45) is 5.88. The lowest BCUT2D eigenvalue weighted by Crippen LogP contribution is -2.38. The topological polar surface area (TPSA) is 62.2 Å². The van der Waals surface area contributed by atoms with Crippen LogP contribution in [0.5, 0.6) is 0 Å². The Balaban J connectivity index is 1.63. The van der Waals surface area contributed by atoms with E-state index < -0.39 is 0 Å². The number of carbonyl (C=O) groups excluding carboxylic acids is 1. The SMILES string of the molecule is CN(CCc1ccncc1)C(=O)CN(C)c1ncnc2ccccc12. The summed E-state index contributed by atoms with van der Waals surface area (Å²) in [5.74, 6) is 0.820. The quantitative estimate of drug-likeness (QED) is 0.691. The molecule has 3 aromatic rings. The Bertz CT molecular complexity index is 847. The number of likely N-dealkylation sites (N-methyl/N-ethyl adjacent to an activating group) is 2. The molecule has 0 aliphatic carbocycles. The lowest BCUT2D eigenvalue weighted by atomic mass is 10.2. The summed E-state index contributed by atoms with van der Waals surface area (Å²) >= 11 is 0. The third-order valence-corrected chi connectivity index (χ3v) is 4.17. The molecule has 6 heteroatoms. The summed E-state index contributed by atoms with van der Waals surface area (Å²) in [5.41, 5.74) is 2.04. The molecule has 0 saturated heterocycles. The van der Waals surface area contributed by atoms with Crippen molar-refractivity contribution in [3.63, 3.8) is 0 Å². The van der Waals surface area contributed by atoms with Crippen LogP contribution in [-0.4, -0.2) is 52.9 Å². The summed E-state index contributed by atoms with van der Waals surface area (Å²) in [7, 11) is 3.71. The lowest BCUT2D eigenvalue weighted by Gasteiger charge is -2.23. The van der Waals surface area contributed by atoms with Crippen LogP contribution in [0.15, 0.2) is 55.1 Å². The predicted octanol–water partition coefficient (Wildman–Crippen LogP) is 2.16. The van der Waals surface area contributed by atoms with Crippen molar-refractivity contribution in [2.24, 2.45) is 0 Å². The van der Waals surface area contributed by atoms with E-state index in [0.717, 1.165) is 23.1 Å². The number of hydrogen-bond acceptors (Lipinski definition) is 5. The summed E-state index contributed by atoms with van der Waals surface area (Å²) < 4.78 is 0.